The molecule has 576 valence electrons. The lowest BCUT2D eigenvalue weighted by Gasteiger charge is -2.21. The van der Waals surface area contributed by atoms with E-state index in [1.165, 1.54) is 51.4 Å². The van der Waals surface area contributed by atoms with E-state index in [1.807, 2.05) is 0 Å². The summed E-state index contributed by atoms with van der Waals surface area (Å²) in [5.74, 6) is -1.62. The van der Waals surface area contributed by atoms with Gasteiger partial charge < -0.3 is 34.2 Å². The smallest absolute Gasteiger partial charge is 0.463 e. The second kappa shape index (κ2) is 74.9. The third-order valence-electron chi connectivity index (χ3n) is 15.7. The van der Waals surface area contributed by atoms with Gasteiger partial charge in [-0.25, -0.2) is 9.13 Å². The number of carbonyl (C=O) groups is 3. The maximum Gasteiger partial charge on any atom is 0.472 e. The Labute approximate surface area is 612 Å². The normalized spacial score (nSPS) is 14.9. The van der Waals surface area contributed by atoms with Gasteiger partial charge in [0.1, 0.15) is 25.4 Å². The minimum Gasteiger partial charge on any atom is -0.463 e. The molecular weight excluding hydrogens is 1310 g/mol. The second-order valence-corrected chi connectivity index (χ2v) is 28.3. The summed E-state index contributed by atoms with van der Waals surface area (Å²) in [6, 6.07) is 0. The Hall–Kier alpha value is -4.83. The van der Waals surface area contributed by atoms with Gasteiger partial charge in [0.25, 0.3) is 0 Å². The molecular formula is C83H138O16P2. The van der Waals surface area contributed by atoms with Crippen molar-refractivity contribution in [3.63, 3.8) is 0 Å². The average Bonchev–Trinajstić information content (AvgIpc) is 0.980. The van der Waals surface area contributed by atoms with Gasteiger partial charge in [-0.2, -0.15) is 0 Å². The number of aliphatic hydroxyl groups excluding tert-OH is 2. The van der Waals surface area contributed by atoms with Crippen molar-refractivity contribution in [3.05, 3.63) is 158 Å². The molecule has 0 fully saturated rings. The van der Waals surface area contributed by atoms with E-state index in [1.54, 1.807) is 0 Å². The molecule has 101 heavy (non-hydrogen) atoms. The first-order valence-corrected chi connectivity index (χ1v) is 41.8. The molecule has 0 aliphatic heterocycles. The Morgan fingerprint density at radius 1 is 0.277 bits per heavy atom. The van der Waals surface area contributed by atoms with Gasteiger partial charge in [-0.1, -0.05) is 288 Å². The number of hydrogen-bond donors (Lipinski definition) is 4. The molecule has 0 heterocycles. The summed E-state index contributed by atoms with van der Waals surface area (Å²) < 4.78 is 61.1. The summed E-state index contributed by atoms with van der Waals surface area (Å²) in [7, 11) is -9.80. The van der Waals surface area contributed by atoms with Crippen LogP contribution in [-0.4, -0.2) is 95.9 Å². The minimum atomic E-state index is -4.94. The Morgan fingerprint density at radius 2 is 0.495 bits per heavy atom. The van der Waals surface area contributed by atoms with Crippen LogP contribution in [0.5, 0.6) is 0 Å². The predicted octanol–water partition coefficient (Wildman–Crippen LogP) is 22.6. The lowest BCUT2D eigenvalue weighted by molar-refractivity contribution is -0.161. The summed E-state index contributed by atoms with van der Waals surface area (Å²) in [5, 5.41) is 20.6. The lowest BCUT2D eigenvalue weighted by atomic mass is 10.0. The van der Waals surface area contributed by atoms with Gasteiger partial charge in [-0.3, -0.25) is 32.5 Å². The van der Waals surface area contributed by atoms with E-state index in [-0.39, 0.29) is 19.3 Å². The number of phosphoric ester groups is 2. The highest BCUT2D eigenvalue weighted by Gasteiger charge is 2.29. The van der Waals surface area contributed by atoms with Crippen molar-refractivity contribution in [3.8, 4) is 0 Å². The van der Waals surface area contributed by atoms with Crippen molar-refractivity contribution in [1.82, 2.24) is 0 Å². The number of rotatable bonds is 72. The number of hydrogen-bond acceptors (Lipinski definition) is 14. The summed E-state index contributed by atoms with van der Waals surface area (Å²) in [4.78, 5) is 58.6. The van der Waals surface area contributed by atoms with Crippen molar-refractivity contribution in [2.75, 3.05) is 39.6 Å². The van der Waals surface area contributed by atoms with Crippen molar-refractivity contribution in [2.24, 2.45) is 0 Å². The molecule has 0 saturated carbocycles. The first-order chi connectivity index (χ1) is 49.2. The molecule has 0 aromatic heterocycles. The number of allylic oxidation sites excluding steroid dienone is 26. The zero-order valence-corrected chi connectivity index (χ0v) is 64.6. The molecule has 0 bridgehead atoms. The topological polar surface area (TPSA) is 231 Å². The van der Waals surface area contributed by atoms with Crippen LogP contribution in [0.1, 0.15) is 290 Å². The summed E-state index contributed by atoms with van der Waals surface area (Å²) >= 11 is 0. The number of phosphoric acid groups is 2. The third-order valence-corrected chi connectivity index (χ3v) is 17.6. The molecule has 0 saturated heterocycles. The number of aliphatic hydroxyl groups is 2. The number of esters is 3. The molecule has 5 unspecified atom stereocenters. The molecule has 0 rings (SSSR count). The maximum absolute atomic E-state index is 12.9. The van der Waals surface area contributed by atoms with Gasteiger partial charge >= 0.3 is 33.6 Å². The molecule has 0 amide bonds. The zero-order chi connectivity index (χ0) is 73.7. The van der Waals surface area contributed by atoms with Crippen LogP contribution < -0.4 is 0 Å². The average molecular weight is 1450 g/mol. The van der Waals surface area contributed by atoms with Crippen LogP contribution in [0.4, 0.5) is 0 Å². The molecule has 5 atom stereocenters. The predicted molar refractivity (Wildman–Crippen MR) is 417 cm³/mol. The third kappa shape index (κ3) is 76.1. The highest BCUT2D eigenvalue weighted by atomic mass is 31.2. The molecule has 0 aromatic carbocycles. The monoisotopic (exact) mass is 1450 g/mol. The van der Waals surface area contributed by atoms with Crippen LogP contribution in [-0.2, 0) is 55.8 Å². The van der Waals surface area contributed by atoms with Crippen LogP contribution in [0.3, 0.4) is 0 Å². The number of ether oxygens (including phenoxy) is 3. The highest BCUT2D eigenvalue weighted by Crippen LogP contribution is 2.45. The summed E-state index contributed by atoms with van der Waals surface area (Å²) in [5.41, 5.74) is 0. The molecule has 18 heteroatoms. The molecule has 0 radical (unpaired) electrons. The second-order valence-electron chi connectivity index (χ2n) is 25.4. The molecule has 0 spiro atoms. The van der Waals surface area contributed by atoms with Crippen LogP contribution in [0.2, 0.25) is 0 Å². The van der Waals surface area contributed by atoms with Crippen molar-refractivity contribution < 1.29 is 75.8 Å². The maximum atomic E-state index is 12.9. The number of carbonyl (C=O) groups excluding carboxylic acids is 3. The Bertz CT molecular complexity index is 2470. The Kier molecular flexibility index (Phi) is 71.3. The van der Waals surface area contributed by atoms with Crippen molar-refractivity contribution in [2.45, 2.75) is 309 Å². The first-order valence-electron chi connectivity index (χ1n) is 38.8. The molecule has 0 aromatic rings. The SMILES string of the molecule is CC/C=C\C/C=C\C/C=C\C/C=C\C/C=C\C/C=C\CCCCCCCCCCCCCCC(=O)OCC(O)COP(=O)(O)OCC(O)COP(=O)(O)OCC(COC(=O)CCCCCCCC/C=C\C/C=C\C/C=C\C/C=C\CC)OC(=O)CCCCCCC/C=C\C/C=C\C/C=C\CC. The zero-order valence-electron chi connectivity index (χ0n) is 62.8. The molecule has 16 nitrogen and oxygen atoms in total. The van der Waals surface area contributed by atoms with Crippen LogP contribution >= 0.6 is 15.6 Å². The standard InChI is InChI=1S/C83H138O16P2/c1-4-7-10-13-16-19-22-25-28-30-32-33-34-35-36-37-38-39-40-41-42-43-45-47-49-51-54-57-60-63-66-69-81(86)93-72-78(84)73-95-100(89,90)96-74-79(85)75-97-101(91,92)98-77-80(99-83(88)71-68-65-62-59-56-53-48-27-24-21-18-15-12-9-6-3)76-94-82(87)70-67-64-61-58-55-52-50-46-44-31-29-26-23-20-17-14-11-8-5-2/h7-12,16-21,25-29,32-33,35-36,38-39,44,46,48,78-80,84-85H,4-6,13-15,22-24,30-31,34,37,40-43,45,47,49-77H2,1-3H3,(H,89,90)(H,91,92)/b10-7-,11-8-,12-9-,19-16-,20-17-,21-18-,28-25-,29-26-,33-32-,36-35-,39-38-,46-44-,48-27-. The van der Waals surface area contributed by atoms with Gasteiger partial charge in [0.15, 0.2) is 6.10 Å². The van der Waals surface area contributed by atoms with E-state index in [9.17, 15) is 43.5 Å². The quantitative estimate of drug-likeness (QED) is 0.0146. The van der Waals surface area contributed by atoms with Gasteiger partial charge in [-0.05, 0) is 141 Å². The lowest BCUT2D eigenvalue weighted by Crippen LogP contribution is -2.30. The van der Waals surface area contributed by atoms with Gasteiger partial charge in [0, 0.05) is 19.3 Å². The van der Waals surface area contributed by atoms with Crippen LogP contribution in [0.25, 0.3) is 0 Å². The van der Waals surface area contributed by atoms with E-state index < -0.39 is 91.5 Å². The highest BCUT2D eigenvalue weighted by molar-refractivity contribution is 7.47. The van der Waals surface area contributed by atoms with Crippen LogP contribution in [0, 0.1) is 0 Å². The molecule has 0 aliphatic carbocycles. The van der Waals surface area contributed by atoms with Gasteiger partial charge in [-0.15, -0.1) is 0 Å². The van der Waals surface area contributed by atoms with E-state index in [0.717, 1.165) is 180 Å². The first kappa shape index (κ1) is 96.2. The van der Waals surface area contributed by atoms with E-state index in [0.29, 0.717) is 19.3 Å². The fraction of sp³-hybridized carbons (Fsp3) is 0.651. The largest absolute Gasteiger partial charge is 0.472 e. The van der Waals surface area contributed by atoms with Crippen LogP contribution in [0.15, 0.2) is 158 Å². The fourth-order valence-electron chi connectivity index (χ4n) is 9.93. The summed E-state index contributed by atoms with van der Waals surface area (Å²) in [6.45, 7) is 2.29. The summed E-state index contributed by atoms with van der Waals surface area (Å²) in [6.07, 6.45) is 93.0. The minimum absolute atomic E-state index is 0.0775. The number of unbranched alkanes of at least 4 members (excludes halogenated alkanes) is 23. The van der Waals surface area contributed by atoms with Gasteiger partial charge in [0.05, 0.1) is 26.4 Å². The van der Waals surface area contributed by atoms with Crippen molar-refractivity contribution in [1.29, 1.82) is 0 Å². The van der Waals surface area contributed by atoms with E-state index in [4.69, 9.17) is 32.3 Å². The van der Waals surface area contributed by atoms with Gasteiger partial charge in [0.2, 0.25) is 0 Å². The molecule has 0 aliphatic rings. The van der Waals surface area contributed by atoms with E-state index >= 15 is 0 Å². The van der Waals surface area contributed by atoms with Crippen molar-refractivity contribution >= 4 is 33.6 Å². The van der Waals surface area contributed by atoms with E-state index in [2.05, 4.69) is 179 Å². The molecule has 4 N–H and O–H groups in total. The Morgan fingerprint density at radius 3 is 0.782 bits per heavy atom. The Balaban J connectivity index is 4.52. The fourth-order valence-corrected chi connectivity index (χ4v) is 11.5.